The molecule has 0 bridgehead atoms. The number of halogens is 1. The molecule has 3 heterocycles. The zero-order valence-electron chi connectivity index (χ0n) is 20.1. The normalized spacial score (nSPS) is 14.9. The minimum absolute atomic E-state index is 0.00846. The summed E-state index contributed by atoms with van der Waals surface area (Å²) in [7, 11) is 0. The van der Waals surface area contributed by atoms with Gasteiger partial charge in [0.2, 0.25) is 0 Å². The van der Waals surface area contributed by atoms with E-state index in [0.717, 1.165) is 41.2 Å². The van der Waals surface area contributed by atoms with Gasteiger partial charge in [0.25, 0.3) is 5.91 Å². The molecule has 7 nitrogen and oxygen atoms in total. The van der Waals surface area contributed by atoms with Crippen LogP contribution in [0, 0.1) is 0 Å². The Morgan fingerprint density at radius 2 is 1.80 bits per heavy atom. The molecule has 1 atom stereocenters. The van der Waals surface area contributed by atoms with Crippen LogP contribution in [-0.2, 0) is 0 Å². The predicted molar refractivity (Wildman–Crippen MR) is 140 cm³/mol. The number of rotatable bonds is 6. The largest absolute Gasteiger partial charge is 0.352 e. The lowest BCUT2D eigenvalue weighted by Crippen LogP contribution is -2.49. The van der Waals surface area contributed by atoms with E-state index >= 15 is 0 Å². The van der Waals surface area contributed by atoms with Crippen molar-refractivity contribution in [3.05, 3.63) is 77.2 Å². The molecule has 2 aromatic carbocycles. The number of benzene rings is 2. The SMILES string of the molecule is CCCC(C)c1nc(N2CCN(C(=O)c3cccc(Cl)c3)CC2)c2cnn(-c3ccccc3)c2n1. The van der Waals surface area contributed by atoms with Gasteiger partial charge in [0, 0.05) is 42.7 Å². The molecule has 0 N–H and O–H groups in total. The average Bonchev–Trinajstić information content (AvgIpc) is 3.32. The molecule has 0 spiro atoms. The number of fused-ring (bicyclic) bond motifs is 1. The van der Waals surface area contributed by atoms with Gasteiger partial charge >= 0.3 is 0 Å². The molecule has 5 rings (SSSR count). The second-order valence-electron chi connectivity index (χ2n) is 9.01. The molecule has 8 heteroatoms. The molecule has 1 fully saturated rings. The van der Waals surface area contributed by atoms with Gasteiger partial charge in [-0.2, -0.15) is 5.10 Å². The van der Waals surface area contributed by atoms with Crippen molar-refractivity contribution in [2.45, 2.75) is 32.6 Å². The third kappa shape index (κ3) is 4.73. The number of hydrogen-bond donors (Lipinski definition) is 0. The van der Waals surface area contributed by atoms with Crippen LogP contribution in [-0.4, -0.2) is 56.7 Å². The van der Waals surface area contributed by atoms with Gasteiger partial charge in [0.1, 0.15) is 11.6 Å². The number of piperazine rings is 1. The van der Waals surface area contributed by atoms with Gasteiger partial charge in [-0.25, -0.2) is 14.6 Å². The van der Waals surface area contributed by atoms with E-state index in [4.69, 9.17) is 21.6 Å². The standard InChI is InChI=1S/C27H29ClN6O/c1-3-8-19(2)24-30-25(23-18-29-34(26(23)31-24)22-11-5-4-6-12-22)32-13-15-33(16-14-32)27(35)20-9-7-10-21(28)17-20/h4-7,9-12,17-19H,3,8,13-16H2,1-2H3. The van der Waals surface area contributed by atoms with E-state index < -0.39 is 0 Å². The van der Waals surface area contributed by atoms with E-state index in [2.05, 4.69) is 23.8 Å². The van der Waals surface area contributed by atoms with E-state index in [1.165, 1.54) is 0 Å². The number of nitrogens with zero attached hydrogens (tertiary/aromatic N) is 6. The van der Waals surface area contributed by atoms with Gasteiger partial charge in [0.15, 0.2) is 5.65 Å². The summed E-state index contributed by atoms with van der Waals surface area (Å²) in [6.07, 6.45) is 3.95. The first-order valence-corrected chi connectivity index (χ1v) is 12.5. The Kier molecular flexibility index (Phi) is 6.68. The number of amides is 1. The molecule has 0 radical (unpaired) electrons. The van der Waals surface area contributed by atoms with Gasteiger partial charge in [-0.05, 0) is 36.8 Å². The molecule has 4 aromatic rings. The first-order valence-electron chi connectivity index (χ1n) is 12.2. The maximum atomic E-state index is 13.0. The number of carbonyl (C=O) groups is 1. The fraction of sp³-hybridized carbons (Fsp3) is 0.333. The number of anilines is 1. The van der Waals surface area contributed by atoms with Crippen LogP contribution in [0.5, 0.6) is 0 Å². The molecule has 35 heavy (non-hydrogen) atoms. The summed E-state index contributed by atoms with van der Waals surface area (Å²) in [5, 5.41) is 6.17. The molecule has 0 aliphatic carbocycles. The van der Waals surface area contributed by atoms with Crippen LogP contribution in [0.2, 0.25) is 5.02 Å². The van der Waals surface area contributed by atoms with Crippen molar-refractivity contribution in [1.82, 2.24) is 24.6 Å². The van der Waals surface area contributed by atoms with E-state index in [1.54, 1.807) is 12.1 Å². The summed E-state index contributed by atoms with van der Waals surface area (Å²) in [5.74, 6) is 1.98. The topological polar surface area (TPSA) is 67.2 Å². The van der Waals surface area contributed by atoms with Crippen molar-refractivity contribution in [2.75, 3.05) is 31.1 Å². The first-order chi connectivity index (χ1) is 17.0. The van der Waals surface area contributed by atoms with Gasteiger partial charge in [0.05, 0.1) is 17.3 Å². The molecular weight excluding hydrogens is 460 g/mol. The number of hydrogen-bond acceptors (Lipinski definition) is 5. The van der Waals surface area contributed by atoms with Gasteiger partial charge in [-0.1, -0.05) is 56.1 Å². The summed E-state index contributed by atoms with van der Waals surface area (Å²) < 4.78 is 1.89. The van der Waals surface area contributed by atoms with Crippen LogP contribution in [0.3, 0.4) is 0 Å². The molecule has 1 aliphatic heterocycles. The minimum Gasteiger partial charge on any atom is -0.352 e. The Hall–Kier alpha value is -3.45. The van der Waals surface area contributed by atoms with Crippen molar-refractivity contribution in [3.63, 3.8) is 0 Å². The first kappa shape index (κ1) is 23.3. The lowest BCUT2D eigenvalue weighted by Gasteiger charge is -2.36. The second-order valence-corrected chi connectivity index (χ2v) is 9.45. The Morgan fingerprint density at radius 1 is 1.03 bits per heavy atom. The number of para-hydroxylation sites is 1. The predicted octanol–water partition coefficient (Wildman–Crippen LogP) is 5.33. The van der Waals surface area contributed by atoms with E-state index in [1.807, 2.05) is 58.2 Å². The Balaban J connectivity index is 1.46. The highest BCUT2D eigenvalue weighted by atomic mass is 35.5. The molecular formula is C27H29ClN6O. The molecule has 1 unspecified atom stereocenters. The molecule has 2 aromatic heterocycles. The molecule has 0 saturated carbocycles. The van der Waals surface area contributed by atoms with Crippen molar-refractivity contribution in [1.29, 1.82) is 0 Å². The maximum absolute atomic E-state index is 13.0. The number of carbonyl (C=O) groups excluding carboxylic acids is 1. The van der Waals surface area contributed by atoms with Crippen LogP contribution < -0.4 is 4.90 Å². The Bertz CT molecular complexity index is 1330. The van der Waals surface area contributed by atoms with Crippen LogP contribution in [0.25, 0.3) is 16.7 Å². The monoisotopic (exact) mass is 488 g/mol. The molecule has 1 amide bonds. The van der Waals surface area contributed by atoms with Crippen LogP contribution in [0.4, 0.5) is 5.82 Å². The van der Waals surface area contributed by atoms with Gasteiger partial charge in [-0.3, -0.25) is 4.79 Å². The van der Waals surface area contributed by atoms with Crippen LogP contribution in [0.1, 0.15) is 48.8 Å². The van der Waals surface area contributed by atoms with Gasteiger partial charge < -0.3 is 9.80 Å². The molecule has 1 saturated heterocycles. The van der Waals surface area contributed by atoms with E-state index in [-0.39, 0.29) is 11.8 Å². The quantitative estimate of drug-likeness (QED) is 0.366. The average molecular weight is 489 g/mol. The highest BCUT2D eigenvalue weighted by Crippen LogP contribution is 2.30. The summed E-state index contributed by atoms with van der Waals surface area (Å²) >= 11 is 6.09. The summed E-state index contributed by atoms with van der Waals surface area (Å²) in [6, 6.07) is 17.2. The summed E-state index contributed by atoms with van der Waals surface area (Å²) in [6.45, 7) is 6.97. The Labute approximate surface area is 210 Å². The molecule has 180 valence electrons. The van der Waals surface area contributed by atoms with E-state index in [9.17, 15) is 4.79 Å². The lowest BCUT2D eigenvalue weighted by atomic mass is 10.1. The third-order valence-corrected chi connectivity index (χ3v) is 6.76. The third-order valence-electron chi connectivity index (χ3n) is 6.53. The highest BCUT2D eigenvalue weighted by Gasteiger charge is 2.26. The van der Waals surface area contributed by atoms with Crippen molar-refractivity contribution < 1.29 is 4.79 Å². The fourth-order valence-corrected chi connectivity index (χ4v) is 4.81. The van der Waals surface area contributed by atoms with Gasteiger partial charge in [-0.15, -0.1) is 0 Å². The summed E-state index contributed by atoms with van der Waals surface area (Å²) in [4.78, 5) is 27.1. The number of aromatic nitrogens is 4. The van der Waals surface area contributed by atoms with Crippen molar-refractivity contribution >= 4 is 34.4 Å². The van der Waals surface area contributed by atoms with Crippen LogP contribution in [0.15, 0.2) is 60.8 Å². The maximum Gasteiger partial charge on any atom is 0.254 e. The van der Waals surface area contributed by atoms with Crippen LogP contribution >= 0.6 is 11.6 Å². The fourth-order valence-electron chi connectivity index (χ4n) is 4.62. The van der Waals surface area contributed by atoms with Crippen molar-refractivity contribution in [3.8, 4) is 5.69 Å². The lowest BCUT2D eigenvalue weighted by molar-refractivity contribution is 0.0746. The zero-order valence-corrected chi connectivity index (χ0v) is 20.8. The highest BCUT2D eigenvalue weighted by molar-refractivity contribution is 6.30. The molecule has 1 aliphatic rings. The van der Waals surface area contributed by atoms with Crippen molar-refractivity contribution in [2.24, 2.45) is 0 Å². The minimum atomic E-state index is 0.00846. The summed E-state index contributed by atoms with van der Waals surface area (Å²) in [5.41, 5.74) is 2.41. The Morgan fingerprint density at radius 3 is 2.51 bits per heavy atom. The zero-order chi connectivity index (χ0) is 24.4. The smallest absolute Gasteiger partial charge is 0.254 e. The second kappa shape index (κ2) is 10.0. The van der Waals surface area contributed by atoms with E-state index in [0.29, 0.717) is 36.8 Å².